The Kier molecular flexibility index (Phi) is 4.09. The molecule has 20 heavy (non-hydrogen) atoms. The van der Waals surface area contributed by atoms with E-state index < -0.39 is 0 Å². The number of aromatic hydroxyl groups is 1. The van der Waals surface area contributed by atoms with Gasteiger partial charge in [-0.1, -0.05) is 12.1 Å². The number of nitrogens with zero attached hydrogens (tertiary/aromatic N) is 2. The molecular formula is C15H15BrN2O2. The molecule has 2 aromatic rings. The molecule has 0 amide bonds. The van der Waals surface area contributed by atoms with Crippen LogP contribution in [0.4, 0.5) is 0 Å². The molecule has 0 bridgehead atoms. The summed E-state index contributed by atoms with van der Waals surface area (Å²) in [6.07, 6.45) is 3.24. The molecule has 0 radical (unpaired) electrons. The summed E-state index contributed by atoms with van der Waals surface area (Å²) in [6, 6.07) is 5.07. The molecule has 0 saturated heterocycles. The molecule has 0 aliphatic carbocycles. The molecule has 0 fully saturated rings. The first-order valence-corrected chi connectivity index (χ1v) is 6.90. The van der Waals surface area contributed by atoms with Gasteiger partial charge >= 0.3 is 0 Å². The summed E-state index contributed by atoms with van der Waals surface area (Å²) in [6.45, 7) is 3.70. The lowest BCUT2D eigenvalue weighted by Gasteiger charge is -1.99. The molecule has 0 unspecified atom stereocenters. The fourth-order valence-electron chi connectivity index (χ4n) is 2.01. The Morgan fingerprint density at radius 2 is 2.10 bits per heavy atom. The van der Waals surface area contributed by atoms with Crippen molar-refractivity contribution in [1.82, 2.24) is 9.78 Å². The van der Waals surface area contributed by atoms with Gasteiger partial charge in [0, 0.05) is 12.7 Å². The maximum Gasteiger partial charge on any atom is 0.189 e. The van der Waals surface area contributed by atoms with E-state index in [0.717, 1.165) is 17.0 Å². The van der Waals surface area contributed by atoms with Crippen LogP contribution in [0.3, 0.4) is 0 Å². The molecule has 4 nitrogen and oxygen atoms in total. The van der Waals surface area contributed by atoms with Crippen LogP contribution in [0.1, 0.15) is 27.3 Å². The van der Waals surface area contributed by atoms with Crippen molar-refractivity contribution in [1.29, 1.82) is 0 Å². The summed E-state index contributed by atoms with van der Waals surface area (Å²) in [5.74, 6) is 0.102. The SMILES string of the molecule is Cc1nn(C)c(C)c1C(=O)/C=C/c1ccc(O)c(Br)c1. The predicted octanol–water partition coefficient (Wildman–Crippen LogP) is 3.40. The maximum atomic E-state index is 12.2. The van der Waals surface area contributed by atoms with E-state index in [1.54, 1.807) is 29.0 Å². The Morgan fingerprint density at radius 1 is 1.40 bits per heavy atom. The average Bonchev–Trinajstić information content (AvgIpc) is 2.64. The van der Waals surface area contributed by atoms with Crippen LogP contribution < -0.4 is 0 Å². The van der Waals surface area contributed by atoms with E-state index in [0.29, 0.717) is 10.0 Å². The lowest BCUT2D eigenvalue weighted by molar-refractivity contribution is 0.104. The zero-order valence-corrected chi connectivity index (χ0v) is 13.1. The van der Waals surface area contributed by atoms with Crippen LogP contribution in [-0.4, -0.2) is 20.7 Å². The van der Waals surface area contributed by atoms with E-state index in [1.165, 1.54) is 6.08 Å². The standard InChI is InChI=1S/C15H15BrN2O2/c1-9-15(10(2)18(3)17-9)14(20)7-5-11-4-6-13(19)12(16)8-11/h4-8,19H,1-3H3/b7-5+. The average molecular weight is 335 g/mol. The lowest BCUT2D eigenvalue weighted by Crippen LogP contribution is -1.99. The molecule has 0 saturated carbocycles. The second-order valence-corrected chi connectivity index (χ2v) is 5.43. The molecule has 0 atom stereocenters. The van der Waals surface area contributed by atoms with E-state index in [9.17, 15) is 9.90 Å². The van der Waals surface area contributed by atoms with Gasteiger partial charge in [0.25, 0.3) is 0 Å². The summed E-state index contributed by atoms with van der Waals surface area (Å²) < 4.78 is 2.30. The number of phenols is 1. The number of hydrogen-bond acceptors (Lipinski definition) is 3. The number of phenolic OH excluding ortho intramolecular Hbond substituents is 1. The van der Waals surface area contributed by atoms with Gasteiger partial charge in [-0.25, -0.2) is 0 Å². The number of benzene rings is 1. The van der Waals surface area contributed by atoms with Crippen LogP contribution in [0.25, 0.3) is 6.08 Å². The van der Waals surface area contributed by atoms with Crippen LogP contribution in [0, 0.1) is 13.8 Å². The van der Waals surface area contributed by atoms with Gasteiger partial charge in [-0.3, -0.25) is 9.48 Å². The highest BCUT2D eigenvalue weighted by molar-refractivity contribution is 9.10. The molecule has 0 aliphatic rings. The highest BCUT2D eigenvalue weighted by Crippen LogP contribution is 2.25. The van der Waals surface area contributed by atoms with E-state index >= 15 is 0 Å². The molecule has 1 N–H and O–H groups in total. The lowest BCUT2D eigenvalue weighted by atomic mass is 10.1. The predicted molar refractivity (Wildman–Crippen MR) is 81.9 cm³/mol. The number of aryl methyl sites for hydroxylation is 2. The highest BCUT2D eigenvalue weighted by atomic mass is 79.9. The molecular weight excluding hydrogens is 320 g/mol. The van der Waals surface area contributed by atoms with Gasteiger partial charge in [0.15, 0.2) is 5.78 Å². The number of ketones is 1. The normalized spacial score (nSPS) is 11.2. The smallest absolute Gasteiger partial charge is 0.189 e. The minimum absolute atomic E-state index is 0.0719. The third-order valence-electron chi connectivity index (χ3n) is 3.15. The Morgan fingerprint density at radius 3 is 2.65 bits per heavy atom. The monoisotopic (exact) mass is 334 g/mol. The number of carbonyl (C=O) groups is 1. The zero-order valence-electron chi connectivity index (χ0n) is 11.5. The van der Waals surface area contributed by atoms with Crippen LogP contribution >= 0.6 is 15.9 Å². The van der Waals surface area contributed by atoms with E-state index in [-0.39, 0.29) is 11.5 Å². The number of allylic oxidation sites excluding steroid dienone is 1. The van der Waals surface area contributed by atoms with Gasteiger partial charge in [0.1, 0.15) is 5.75 Å². The van der Waals surface area contributed by atoms with Gasteiger partial charge in [-0.05, 0) is 53.5 Å². The van der Waals surface area contributed by atoms with Crippen molar-refractivity contribution >= 4 is 27.8 Å². The molecule has 5 heteroatoms. The number of carbonyl (C=O) groups excluding carboxylic acids is 1. The quantitative estimate of drug-likeness (QED) is 0.691. The first kappa shape index (κ1) is 14.5. The molecule has 2 rings (SSSR count). The van der Waals surface area contributed by atoms with Crippen LogP contribution in [-0.2, 0) is 7.05 Å². The van der Waals surface area contributed by atoms with E-state index in [4.69, 9.17) is 0 Å². The molecule has 1 aromatic carbocycles. The Labute approximate surface area is 125 Å². The minimum Gasteiger partial charge on any atom is -0.507 e. The second kappa shape index (κ2) is 5.63. The van der Waals surface area contributed by atoms with Crippen molar-refractivity contribution in [2.75, 3.05) is 0 Å². The fourth-order valence-corrected chi connectivity index (χ4v) is 2.41. The number of hydrogen-bond donors (Lipinski definition) is 1. The van der Waals surface area contributed by atoms with Gasteiger partial charge < -0.3 is 5.11 Å². The second-order valence-electron chi connectivity index (χ2n) is 4.58. The van der Waals surface area contributed by atoms with Gasteiger partial charge in [-0.2, -0.15) is 5.10 Å². The Balaban J connectivity index is 2.27. The maximum absolute atomic E-state index is 12.2. The Hall–Kier alpha value is -1.88. The van der Waals surface area contributed by atoms with Gasteiger partial charge in [-0.15, -0.1) is 0 Å². The Bertz CT molecular complexity index is 702. The van der Waals surface area contributed by atoms with Crippen LogP contribution in [0.2, 0.25) is 0 Å². The minimum atomic E-state index is -0.0719. The molecule has 0 spiro atoms. The zero-order chi connectivity index (χ0) is 14.9. The molecule has 1 aromatic heterocycles. The van der Waals surface area contributed by atoms with Crippen LogP contribution in [0.5, 0.6) is 5.75 Å². The number of aromatic nitrogens is 2. The van der Waals surface area contributed by atoms with Crippen molar-refractivity contribution in [3.05, 3.63) is 51.3 Å². The van der Waals surface area contributed by atoms with E-state index in [1.807, 2.05) is 20.9 Å². The number of rotatable bonds is 3. The first-order chi connectivity index (χ1) is 9.40. The topological polar surface area (TPSA) is 55.1 Å². The summed E-state index contributed by atoms with van der Waals surface area (Å²) in [4.78, 5) is 12.2. The van der Waals surface area contributed by atoms with Gasteiger partial charge in [0.2, 0.25) is 0 Å². The van der Waals surface area contributed by atoms with Crippen LogP contribution in [0.15, 0.2) is 28.7 Å². The molecule has 104 valence electrons. The summed E-state index contributed by atoms with van der Waals surface area (Å²) in [7, 11) is 1.82. The van der Waals surface area contributed by atoms with Crippen molar-refractivity contribution in [3.8, 4) is 5.75 Å². The largest absolute Gasteiger partial charge is 0.507 e. The van der Waals surface area contributed by atoms with Crippen molar-refractivity contribution in [2.45, 2.75) is 13.8 Å². The summed E-state index contributed by atoms with van der Waals surface area (Å²) >= 11 is 3.24. The van der Waals surface area contributed by atoms with Gasteiger partial charge in [0.05, 0.1) is 15.7 Å². The molecule has 1 heterocycles. The summed E-state index contributed by atoms with van der Waals surface area (Å²) in [5.41, 5.74) is 3.05. The van der Waals surface area contributed by atoms with Crippen molar-refractivity contribution in [3.63, 3.8) is 0 Å². The van der Waals surface area contributed by atoms with E-state index in [2.05, 4.69) is 21.0 Å². The third kappa shape index (κ3) is 2.82. The number of halogens is 1. The highest BCUT2D eigenvalue weighted by Gasteiger charge is 2.14. The van der Waals surface area contributed by atoms with Crippen molar-refractivity contribution < 1.29 is 9.90 Å². The fraction of sp³-hybridized carbons (Fsp3) is 0.200. The first-order valence-electron chi connectivity index (χ1n) is 6.11. The van der Waals surface area contributed by atoms with Crippen molar-refractivity contribution in [2.24, 2.45) is 7.05 Å². The summed E-state index contributed by atoms with van der Waals surface area (Å²) in [5, 5.41) is 13.7. The molecule has 0 aliphatic heterocycles. The third-order valence-corrected chi connectivity index (χ3v) is 3.79.